The van der Waals surface area contributed by atoms with E-state index in [0.29, 0.717) is 23.5 Å². The van der Waals surface area contributed by atoms with Crippen molar-refractivity contribution in [3.8, 4) is 0 Å². The smallest absolute Gasteiger partial charge is 0.253 e. The molecule has 2 aliphatic rings. The molecule has 44 heavy (non-hydrogen) atoms. The molecule has 2 saturated heterocycles. The summed E-state index contributed by atoms with van der Waals surface area (Å²) in [5.74, 6) is -0.198. The van der Waals surface area contributed by atoms with E-state index in [9.17, 15) is 19.2 Å². The van der Waals surface area contributed by atoms with Gasteiger partial charge in [-0.05, 0) is 62.8 Å². The number of hydrogen-bond donors (Lipinski definition) is 2. The predicted octanol–water partition coefficient (Wildman–Crippen LogP) is 7.14. The predicted molar refractivity (Wildman–Crippen MR) is 178 cm³/mol. The Morgan fingerprint density at radius 1 is 0.477 bits per heavy atom. The Kier molecular flexibility index (Phi) is 19.9. The second-order valence-electron chi connectivity index (χ2n) is 12.7. The number of amides is 4. The van der Waals surface area contributed by atoms with E-state index >= 15 is 0 Å². The molecule has 4 amide bonds. The minimum absolute atomic E-state index is 0.0490. The van der Waals surface area contributed by atoms with Crippen molar-refractivity contribution >= 4 is 23.6 Å². The standard InChI is InChI=1S/C22H42N2O2.C14H18N2O2/c23-21(25)17-13-9-7-5-3-1-2-4-6-8-10-14-18-22(26)24-19-15-11-12-16-20-24;15-13(17)11-5-7-12(8-6-11)14(18)16-9-3-1-2-4-10-16/h1-20H2,(H2,23,25);5-8H,1-4,9-10H2,(H2,15,17). The average molecular weight is 613 g/mol. The number of carbonyl (C=O) groups is 4. The normalized spacial score (nSPS) is 15.5. The zero-order valence-electron chi connectivity index (χ0n) is 27.4. The highest BCUT2D eigenvalue weighted by molar-refractivity contribution is 5.97. The molecular weight excluding hydrogens is 552 g/mol. The van der Waals surface area contributed by atoms with Crippen LogP contribution < -0.4 is 11.5 Å². The molecule has 2 aliphatic heterocycles. The number of nitrogens with two attached hydrogens (primary N) is 2. The number of unbranched alkanes of at least 4 members (excludes halogenated alkanes) is 11. The lowest BCUT2D eigenvalue weighted by Gasteiger charge is -2.20. The van der Waals surface area contributed by atoms with Crippen molar-refractivity contribution in [1.82, 2.24) is 9.80 Å². The van der Waals surface area contributed by atoms with Crippen molar-refractivity contribution in [3.63, 3.8) is 0 Å². The van der Waals surface area contributed by atoms with Gasteiger partial charge in [0, 0.05) is 50.1 Å². The Labute approximate surface area is 266 Å². The van der Waals surface area contributed by atoms with Gasteiger partial charge in [0.2, 0.25) is 17.7 Å². The van der Waals surface area contributed by atoms with Crippen LogP contribution in [0.4, 0.5) is 0 Å². The third-order valence-electron chi connectivity index (χ3n) is 8.83. The monoisotopic (exact) mass is 612 g/mol. The highest BCUT2D eigenvalue weighted by Crippen LogP contribution is 2.16. The lowest BCUT2D eigenvalue weighted by Crippen LogP contribution is -2.31. The summed E-state index contributed by atoms with van der Waals surface area (Å²) >= 11 is 0. The van der Waals surface area contributed by atoms with Gasteiger partial charge in [0.05, 0.1) is 0 Å². The fraction of sp³-hybridized carbons (Fsp3) is 0.722. The number of carbonyl (C=O) groups excluding carboxylic acids is 4. The van der Waals surface area contributed by atoms with Crippen molar-refractivity contribution in [3.05, 3.63) is 35.4 Å². The van der Waals surface area contributed by atoms with Crippen LogP contribution in [-0.2, 0) is 9.59 Å². The van der Waals surface area contributed by atoms with Gasteiger partial charge in [-0.3, -0.25) is 19.2 Å². The van der Waals surface area contributed by atoms with Crippen molar-refractivity contribution in [2.75, 3.05) is 26.2 Å². The van der Waals surface area contributed by atoms with Crippen LogP contribution >= 0.6 is 0 Å². The maximum atomic E-state index is 12.2. The van der Waals surface area contributed by atoms with Crippen molar-refractivity contribution in [2.45, 2.75) is 141 Å². The molecule has 1 aromatic rings. The van der Waals surface area contributed by atoms with Gasteiger partial charge < -0.3 is 21.3 Å². The quantitative estimate of drug-likeness (QED) is 0.181. The third kappa shape index (κ3) is 16.8. The van der Waals surface area contributed by atoms with Crippen LogP contribution in [0.2, 0.25) is 0 Å². The van der Waals surface area contributed by atoms with Crippen LogP contribution in [0.15, 0.2) is 24.3 Å². The molecule has 0 saturated carbocycles. The number of primary amides is 2. The van der Waals surface area contributed by atoms with E-state index in [2.05, 4.69) is 4.90 Å². The van der Waals surface area contributed by atoms with Crippen molar-refractivity contribution in [1.29, 1.82) is 0 Å². The minimum Gasteiger partial charge on any atom is -0.370 e. The van der Waals surface area contributed by atoms with Crippen LogP contribution in [-0.4, -0.2) is 59.6 Å². The molecule has 0 spiro atoms. The molecule has 2 heterocycles. The lowest BCUT2D eigenvalue weighted by molar-refractivity contribution is -0.131. The Morgan fingerprint density at radius 2 is 0.841 bits per heavy atom. The summed E-state index contributed by atoms with van der Waals surface area (Å²) in [6.45, 7) is 3.64. The molecule has 3 rings (SSSR count). The van der Waals surface area contributed by atoms with Gasteiger partial charge >= 0.3 is 0 Å². The summed E-state index contributed by atoms with van der Waals surface area (Å²) in [5, 5.41) is 0. The van der Waals surface area contributed by atoms with Crippen LogP contribution in [0.3, 0.4) is 0 Å². The Hall–Kier alpha value is -2.90. The van der Waals surface area contributed by atoms with Crippen LogP contribution in [0.5, 0.6) is 0 Å². The highest BCUT2D eigenvalue weighted by Gasteiger charge is 2.17. The number of likely N-dealkylation sites (tertiary alicyclic amines) is 2. The Bertz CT molecular complexity index is 949. The molecular formula is C36H60N4O4. The van der Waals surface area contributed by atoms with E-state index < -0.39 is 5.91 Å². The first kappa shape index (κ1) is 37.3. The van der Waals surface area contributed by atoms with E-state index in [1.54, 1.807) is 24.3 Å². The molecule has 1 aromatic carbocycles. The Balaban J connectivity index is 0.000000326. The first-order valence-corrected chi connectivity index (χ1v) is 17.6. The van der Waals surface area contributed by atoms with Crippen LogP contribution in [0.25, 0.3) is 0 Å². The van der Waals surface area contributed by atoms with Gasteiger partial charge in [-0.25, -0.2) is 0 Å². The largest absolute Gasteiger partial charge is 0.370 e. The summed E-state index contributed by atoms with van der Waals surface area (Å²) in [5.41, 5.74) is 11.4. The van der Waals surface area contributed by atoms with E-state index in [-0.39, 0.29) is 11.8 Å². The molecule has 0 bridgehead atoms. The van der Waals surface area contributed by atoms with E-state index in [0.717, 1.165) is 64.7 Å². The number of hydrogen-bond acceptors (Lipinski definition) is 4. The molecule has 8 nitrogen and oxygen atoms in total. The summed E-state index contributed by atoms with van der Waals surface area (Å²) in [6.07, 6.45) is 25.6. The molecule has 248 valence electrons. The molecule has 4 N–H and O–H groups in total. The van der Waals surface area contributed by atoms with Gasteiger partial charge in [0.25, 0.3) is 5.91 Å². The molecule has 8 heteroatoms. The number of benzene rings is 1. The van der Waals surface area contributed by atoms with Crippen molar-refractivity contribution < 1.29 is 19.2 Å². The second-order valence-corrected chi connectivity index (χ2v) is 12.7. The third-order valence-corrected chi connectivity index (χ3v) is 8.83. The maximum Gasteiger partial charge on any atom is 0.253 e. The fourth-order valence-corrected chi connectivity index (χ4v) is 6.05. The summed E-state index contributed by atoms with van der Waals surface area (Å²) in [7, 11) is 0. The number of rotatable bonds is 17. The first-order chi connectivity index (χ1) is 21.4. The molecule has 0 aliphatic carbocycles. The summed E-state index contributed by atoms with van der Waals surface area (Å²) < 4.78 is 0. The zero-order chi connectivity index (χ0) is 31.8. The van der Waals surface area contributed by atoms with E-state index in [4.69, 9.17) is 11.5 Å². The summed E-state index contributed by atoms with van der Waals surface area (Å²) in [4.78, 5) is 50.0. The van der Waals surface area contributed by atoms with Gasteiger partial charge in [0.1, 0.15) is 0 Å². The second kappa shape index (κ2) is 23.5. The topological polar surface area (TPSA) is 127 Å². The average Bonchev–Trinajstić information content (AvgIpc) is 3.47. The maximum absolute atomic E-state index is 12.2. The van der Waals surface area contributed by atoms with Crippen molar-refractivity contribution in [2.24, 2.45) is 11.5 Å². The molecule has 2 fully saturated rings. The molecule has 0 atom stereocenters. The van der Waals surface area contributed by atoms with E-state index in [1.807, 2.05) is 4.90 Å². The zero-order valence-corrected chi connectivity index (χ0v) is 27.4. The van der Waals surface area contributed by atoms with E-state index in [1.165, 1.54) is 96.3 Å². The van der Waals surface area contributed by atoms with Gasteiger partial charge in [-0.2, -0.15) is 0 Å². The molecule has 0 radical (unpaired) electrons. The molecule has 0 aromatic heterocycles. The highest BCUT2D eigenvalue weighted by atomic mass is 16.2. The summed E-state index contributed by atoms with van der Waals surface area (Å²) in [6, 6.07) is 6.56. The first-order valence-electron chi connectivity index (χ1n) is 17.6. The number of nitrogens with zero attached hydrogens (tertiary/aromatic N) is 2. The lowest BCUT2D eigenvalue weighted by atomic mass is 10.0. The van der Waals surface area contributed by atoms with Crippen LogP contribution in [0, 0.1) is 0 Å². The van der Waals surface area contributed by atoms with Gasteiger partial charge in [-0.1, -0.05) is 89.9 Å². The minimum atomic E-state index is -0.469. The SMILES string of the molecule is NC(=O)CCCCCCCCCCCCCCC(=O)N1CCCCCC1.NC(=O)c1ccc(C(=O)N2CCCCCC2)cc1. The van der Waals surface area contributed by atoms with Gasteiger partial charge in [-0.15, -0.1) is 0 Å². The van der Waals surface area contributed by atoms with Gasteiger partial charge in [0.15, 0.2) is 0 Å². The molecule has 0 unspecified atom stereocenters. The van der Waals surface area contributed by atoms with Crippen LogP contribution in [0.1, 0.15) is 162 Å². The Morgan fingerprint density at radius 3 is 1.25 bits per heavy atom. The fourth-order valence-electron chi connectivity index (χ4n) is 6.05.